The molecule has 0 spiro atoms. The van der Waals surface area contributed by atoms with Crippen molar-refractivity contribution in [2.75, 3.05) is 84.6 Å². The molecule has 0 aliphatic heterocycles. The van der Waals surface area contributed by atoms with Gasteiger partial charge in [0.1, 0.15) is 0 Å². The van der Waals surface area contributed by atoms with Crippen molar-refractivity contribution in [3.05, 3.63) is 0 Å². The van der Waals surface area contributed by atoms with Crippen LogP contribution in [0.25, 0.3) is 0 Å². The second-order valence-electron chi connectivity index (χ2n) is 7.48. The number of halogens is 2. The van der Waals surface area contributed by atoms with Crippen LogP contribution in [0.15, 0.2) is 13.5 Å². The summed E-state index contributed by atoms with van der Waals surface area (Å²) >= 11 is 15.0. The van der Waals surface area contributed by atoms with Crippen molar-refractivity contribution >= 4 is 61.2 Å². The van der Waals surface area contributed by atoms with Crippen LogP contribution in [-0.2, 0) is 0 Å². The molecule has 29 heavy (non-hydrogen) atoms. The zero-order valence-electron chi connectivity index (χ0n) is 19.5. The molecule has 0 aromatic heterocycles. The van der Waals surface area contributed by atoms with Gasteiger partial charge in [-0.3, -0.25) is 0 Å². The average Bonchev–Trinajstić information content (AvgIpc) is 2.57. The summed E-state index contributed by atoms with van der Waals surface area (Å²) in [5.41, 5.74) is 0. The number of hydrogen-bond donors (Lipinski definition) is 1. The Bertz CT molecular complexity index is 568. The predicted octanol–water partition coefficient (Wildman–Crippen LogP) is 5.81. The Hall–Kier alpha value is 1.46. The van der Waals surface area contributed by atoms with E-state index < -0.39 is 13.1 Å². The zero-order chi connectivity index (χ0) is 23.3. The third-order valence-electron chi connectivity index (χ3n) is 3.60. The molecule has 1 N–H and O–H groups in total. The van der Waals surface area contributed by atoms with E-state index in [1.807, 2.05) is 113 Å². The second-order valence-corrected chi connectivity index (χ2v) is 23.0. The molecule has 0 heterocycles. The Morgan fingerprint density at radius 2 is 0.793 bits per heavy atom. The van der Waals surface area contributed by atoms with Crippen molar-refractivity contribution in [1.82, 2.24) is 32.9 Å². The normalized spacial score (nSPS) is 17.7. The van der Waals surface area contributed by atoms with Gasteiger partial charge in [-0.2, -0.15) is 0 Å². The summed E-state index contributed by atoms with van der Waals surface area (Å²) in [6.45, 7) is -7.81. The summed E-state index contributed by atoms with van der Waals surface area (Å²) < 4.78 is 26.2. The first-order chi connectivity index (χ1) is 12.9. The summed E-state index contributed by atoms with van der Waals surface area (Å²) in [5, 5.41) is 0. The van der Waals surface area contributed by atoms with E-state index >= 15 is 0 Å². The van der Waals surface area contributed by atoms with Gasteiger partial charge in [0.05, 0.1) is 0 Å². The first-order valence-electron chi connectivity index (χ1n) is 8.55. The quantitative estimate of drug-likeness (QED) is 0.328. The van der Waals surface area contributed by atoms with Gasteiger partial charge in [0.25, 0.3) is 0 Å². The topological polar surface area (TPSA) is 68.5 Å². The first-order valence-corrected chi connectivity index (χ1v) is 17.0. The molecule has 174 valence electrons. The molecular weight excluding hydrogens is 510 g/mol. The standard InChI is InChI=1S/C12H37Cl2N10P5/c1-19(2)25-15-28(13,16-26-20(3)4,17-27-21(5)6)18-29(14,22(7)8,23(9)10)24(11)12/h18H,1-12H3. The molecule has 0 amide bonds. The Labute approximate surface area is 191 Å². The van der Waals surface area contributed by atoms with E-state index in [4.69, 9.17) is 36.0 Å². The molecular formula is C12H37Cl2N10P5. The van der Waals surface area contributed by atoms with Gasteiger partial charge in [0.15, 0.2) is 0 Å². The van der Waals surface area contributed by atoms with Gasteiger partial charge in [-0.05, 0) is 0 Å². The van der Waals surface area contributed by atoms with Crippen LogP contribution in [0, 0.1) is 0 Å². The average molecular weight is 547 g/mol. The molecule has 0 aliphatic carbocycles. The van der Waals surface area contributed by atoms with Gasteiger partial charge in [-0.15, -0.1) is 0 Å². The van der Waals surface area contributed by atoms with Crippen LogP contribution in [-0.4, -0.2) is 113 Å². The van der Waals surface area contributed by atoms with Crippen LogP contribution in [0.2, 0.25) is 0 Å². The number of nitrogens with zero attached hydrogens (tertiary/aromatic N) is 9. The van der Waals surface area contributed by atoms with Gasteiger partial charge < -0.3 is 0 Å². The summed E-state index contributed by atoms with van der Waals surface area (Å²) in [6.07, 6.45) is 0. The molecule has 0 aromatic carbocycles. The molecule has 0 unspecified atom stereocenters. The van der Waals surface area contributed by atoms with E-state index in [0.29, 0.717) is 25.6 Å². The summed E-state index contributed by atoms with van der Waals surface area (Å²) in [6, 6.07) is 0. The number of hydrogen-bond acceptors (Lipinski definition) is 7. The molecule has 0 rings (SSSR count). The Kier molecular flexibility index (Phi) is 11.6. The fourth-order valence-corrected chi connectivity index (χ4v) is 19.1. The van der Waals surface area contributed by atoms with Gasteiger partial charge in [-0.1, -0.05) is 0 Å². The molecule has 0 aromatic rings. The van der Waals surface area contributed by atoms with Gasteiger partial charge in [0, 0.05) is 0 Å². The van der Waals surface area contributed by atoms with Crippen LogP contribution in [0.5, 0.6) is 0 Å². The maximum atomic E-state index is 7.54. The van der Waals surface area contributed by atoms with Crippen molar-refractivity contribution in [2.24, 2.45) is 13.5 Å². The fourth-order valence-electron chi connectivity index (χ4n) is 2.20. The number of rotatable bonds is 11. The third-order valence-corrected chi connectivity index (χ3v) is 22.4. The van der Waals surface area contributed by atoms with Crippen molar-refractivity contribution < 1.29 is 0 Å². The monoisotopic (exact) mass is 546 g/mol. The fraction of sp³-hybridized carbons (Fsp3) is 1.00. The minimum absolute atomic E-state index is 0.638. The molecule has 0 bridgehead atoms. The van der Waals surface area contributed by atoms with Crippen LogP contribution in [0.1, 0.15) is 0 Å². The summed E-state index contributed by atoms with van der Waals surface area (Å²) in [7, 11) is 25.0. The Balaban J connectivity index is 7.23. The molecule has 0 aliphatic rings. The molecule has 0 atom stereocenters. The van der Waals surface area contributed by atoms with E-state index in [9.17, 15) is 0 Å². The first kappa shape index (κ1) is 30.5. The second kappa shape index (κ2) is 11.1. The zero-order valence-corrected chi connectivity index (χ0v) is 25.5. The van der Waals surface area contributed by atoms with Crippen LogP contribution >= 0.6 is 61.2 Å². The van der Waals surface area contributed by atoms with Crippen LogP contribution < -0.4 is 4.86 Å². The molecule has 0 fully saturated rings. The van der Waals surface area contributed by atoms with Crippen molar-refractivity contribution in [1.29, 1.82) is 0 Å². The van der Waals surface area contributed by atoms with Gasteiger partial charge in [0.2, 0.25) is 0 Å². The third kappa shape index (κ3) is 7.49. The maximum absolute atomic E-state index is 7.54. The van der Waals surface area contributed by atoms with Crippen molar-refractivity contribution in [3.63, 3.8) is 0 Å². The Morgan fingerprint density at radius 1 is 0.552 bits per heavy atom. The minimum atomic E-state index is -4.15. The number of nitrogens with one attached hydrogen (secondary N) is 1. The van der Waals surface area contributed by atoms with Crippen LogP contribution in [0.3, 0.4) is 0 Å². The molecule has 0 saturated carbocycles. The molecule has 17 heteroatoms. The summed E-state index contributed by atoms with van der Waals surface area (Å²) in [4.78, 5) is 3.57. The van der Waals surface area contributed by atoms with E-state index in [1.165, 1.54) is 0 Å². The van der Waals surface area contributed by atoms with Gasteiger partial charge >= 0.3 is 192 Å². The Morgan fingerprint density at radius 3 is 0.966 bits per heavy atom. The molecule has 10 nitrogen and oxygen atoms in total. The predicted molar refractivity (Wildman–Crippen MR) is 139 cm³/mol. The summed E-state index contributed by atoms with van der Waals surface area (Å²) in [5.74, 6) is 0. The van der Waals surface area contributed by atoms with E-state index in [0.717, 1.165) is 0 Å². The van der Waals surface area contributed by atoms with Crippen LogP contribution in [0.4, 0.5) is 0 Å². The van der Waals surface area contributed by atoms with E-state index in [2.05, 4.69) is 4.86 Å². The van der Waals surface area contributed by atoms with Crippen molar-refractivity contribution in [2.45, 2.75) is 0 Å². The molecule has 0 saturated heterocycles. The van der Waals surface area contributed by atoms with E-state index in [1.54, 1.807) is 0 Å². The van der Waals surface area contributed by atoms with E-state index in [-0.39, 0.29) is 0 Å². The SMILES string of the molecule is CN(C)P=NP(Cl)(N=PN(C)C)(N=PN(C)C)NP(Cl)(N(C)C)(N(C)C)N(C)C. The molecule has 0 radical (unpaired) electrons. The van der Waals surface area contributed by atoms with Gasteiger partial charge in [-0.25, -0.2) is 0 Å². The van der Waals surface area contributed by atoms with Crippen molar-refractivity contribution in [3.8, 4) is 0 Å².